The second-order valence-electron chi connectivity index (χ2n) is 3.72. The summed E-state index contributed by atoms with van der Waals surface area (Å²) in [5.74, 6) is -0.525. The van der Waals surface area contributed by atoms with Crippen molar-refractivity contribution in [1.29, 1.82) is 0 Å². The molecule has 0 fully saturated rings. The van der Waals surface area contributed by atoms with Gasteiger partial charge in [0.15, 0.2) is 5.82 Å². The second-order valence-corrected chi connectivity index (χ2v) is 3.72. The predicted molar refractivity (Wildman–Crippen MR) is 57.9 cm³/mol. The molecule has 0 saturated heterocycles. The molecule has 1 aromatic heterocycles. The first kappa shape index (κ1) is 13.3. The number of alkyl halides is 3. The first-order valence-electron chi connectivity index (χ1n) is 5.32. The van der Waals surface area contributed by atoms with Crippen molar-refractivity contribution in [1.82, 2.24) is 10.1 Å². The van der Waals surface area contributed by atoms with Crippen LogP contribution in [-0.2, 0) is 12.6 Å². The van der Waals surface area contributed by atoms with Crippen molar-refractivity contribution >= 4 is 5.69 Å². The van der Waals surface area contributed by atoms with E-state index < -0.39 is 17.6 Å². The SMILES string of the molecule is Fc1cc(C(F)(F)F)ccc1NCCc1ncon1. The van der Waals surface area contributed by atoms with E-state index in [9.17, 15) is 17.6 Å². The van der Waals surface area contributed by atoms with Crippen LogP contribution in [0.4, 0.5) is 23.2 Å². The van der Waals surface area contributed by atoms with Crippen molar-refractivity contribution in [2.45, 2.75) is 12.6 Å². The van der Waals surface area contributed by atoms with Gasteiger partial charge in [-0.3, -0.25) is 0 Å². The first-order valence-corrected chi connectivity index (χ1v) is 5.32. The Morgan fingerprint density at radius 2 is 2.05 bits per heavy atom. The largest absolute Gasteiger partial charge is 0.416 e. The molecular weight excluding hydrogens is 266 g/mol. The number of hydrogen-bond donors (Lipinski definition) is 1. The van der Waals surface area contributed by atoms with Gasteiger partial charge in [-0.05, 0) is 18.2 Å². The topological polar surface area (TPSA) is 51.0 Å². The van der Waals surface area contributed by atoms with Gasteiger partial charge in [-0.1, -0.05) is 5.16 Å². The van der Waals surface area contributed by atoms with E-state index in [1.54, 1.807) is 0 Å². The maximum absolute atomic E-state index is 13.4. The molecule has 102 valence electrons. The minimum Gasteiger partial charge on any atom is -0.382 e. The highest BCUT2D eigenvalue weighted by Gasteiger charge is 2.31. The second kappa shape index (κ2) is 5.25. The molecule has 8 heteroatoms. The van der Waals surface area contributed by atoms with Crippen LogP contribution in [0.15, 0.2) is 29.1 Å². The molecule has 0 bridgehead atoms. The van der Waals surface area contributed by atoms with Gasteiger partial charge < -0.3 is 9.84 Å². The molecule has 0 aliphatic carbocycles. The summed E-state index contributed by atoms with van der Waals surface area (Å²) in [6, 6.07) is 2.32. The fourth-order valence-electron chi connectivity index (χ4n) is 1.45. The van der Waals surface area contributed by atoms with E-state index in [0.29, 0.717) is 18.3 Å². The minimum atomic E-state index is -4.55. The van der Waals surface area contributed by atoms with Crippen LogP contribution in [0.2, 0.25) is 0 Å². The average molecular weight is 275 g/mol. The van der Waals surface area contributed by atoms with Crippen LogP contribution in [0.3, 0.4) is 0 Å². The lowest BCUT2D eigenvalue weighted by atomic mass is 10.2. The number of hydrogen-bond acceptors (Lipinski definition) is 4. The van der Waals surface area contributed by atoms with Gasteiger partial charge in [0.2, 0.25) is 6.39 Å². The minimum absolute atomic E-state index is 0.00325. The molecular formula is C11H9F4N3O. The number of halogens is 4. The summed E-state index contributed by atoms with van der Waals surface area (Å²) in [5.41, 5.74) is -1.02. The molecule has 1 N–H and O–H groups in total. The Kier molecular flexibility index (Phi) is 3.68. The highest BCUT2D eigenvalue weighted by atomic mass is 19.4. The lowest BCUT2D eigenvalue weighted by Crippen LogP contribution is -2.09. The number of benzene rings is 1. The molecule has 2 aromatic rings. The molecule has 1 heterocycles. The van der Waals surface area contributed by atoms with E-state index in [1.807, 2.05) is 0 Å². The standard InChI is InChI=1S/C11H9F4N3O/c12-8-5-7(11(13,14)15)1-2-9(8)16-4-3-10-17-6-19-18-10/h1-2,5-6,16H,3-4H2. The van der Waals surface area contributed by atoms with Gasteiger partial charge in [0.1, 0.15) is 5.82 Å². The highest BCUT2D eigenvalue weighted by molar-refractivity contribution is 5.46. The molecule has 0 radical (unpaired) electrons. The Morgan fingerprint density at radius 3 is 2.63 bits per heavy atom. The van der Waals surface area contributed by atoms with E-state index in [-0.39, 0.29) is 12.2 Å². The Morgan fingerprint density at radius 1 is 1.26 bits per heavy atom. The molecule has 0 unspecified atom stereocenters. The average Bonchev–Trinajstić information content (AvgIpc) is 2.83. The third-order valence-electron chi connectivity index (χ3n) is 2.37. The van der Waals surface area contributed by atoms with Crippen LogP contribution in [-0.4, -0.2) is 16.7 Å². The van der Waals surface area contributed by atoms with E-state index in [2.05, 4.69) is 20.0 Å². The number of anilines is 1. The molecule has 19 heavy (non-hydrogen) atoms. The first-order chi connectivity index (χ1) is 8.97. The fraction of sp³-hybridized carbons (Fsp3) is 0.273. The van der Waals surface area contributed by atoms with E-state index in [0.717, 1.165) is 18.5 Å². The quantitative estimate of drug-likeness (QED) is 0.872. The van der Waals surface area contributed by atoms with Gasteiger partial charge in [-0.2, -0.15) is 18.2 Å². The Hall–Kier alpha value is -2.12. The number of aromatic nitrogens is 2. The van der Waals surface area contributed by atoms with Gasteiger partial charge in [0, 0.05) is 13.0 Å². The summed E-state index contributed by atoms with van der Waals surface area (Å²) >= 11 is 0. The summed E-state index contributed by atoms with van der Waals surface area (Å²) in [7, 11) is 0. The molecule has 1 aromatic carbocycles. The molecule has 4 nitrogen and oxygen atoms in total. The van der Waals surface area contributed by atoms with Gasteiger partial charge in [-0.25, -0.2) is 4.39 Å². The van der Waals surface area contributed by atoms with Crippen LogP contribution in [0.25, 0.3) is 0 Å². The Bertz CT molecular complexity index is 539. The number of nitrogens with zero attached hydrogens (tertiary/aromatic N) is 2. The predicted octanol–water partition coefficient (Wildman–Crippen LogP) is 2.88. The smallest absolute Gasteiger partial charge is 0.382 e. The van der Waals surface area contributed by atoms with Gasteiger partial charge >= 0.3 is 6.18 Å². The highest BCUT2D eigenvalue weighted by Crippen LogP contribution is 2.31. The third kappa shape index (κ3) is 3.43. The lowest BCUT2D eigenvalue weighted by molar-refractivity contribution is -0.137. The van der Waals surface area contributed by atoms with E-state index in [1.165, 1.54) is 0 Å². The molecule has 0 spiro atoms. The lowest BCUT2D eigenvalue weighted by Gasteiger charge is -2.10. The van der Waals surface area contributed by atoms with Crippen LogP contribution in [0.1, 0.15) is 11.4 Å². The summed E-state index contributed by atoms with van der Waals surface area (Å²) < 4.78 is 54.9. The van der Waals surface area contributed by atoms with Gasteiger partial charge in [0.05, 0.1) is 11.3 Å². The summed E-state index contributed by atoms with van der Waals surface area (Å²) in [4.78, 5) is 3.76. The van der Waals surface area contributed by atoms with Crippen LogP contribution < -0.4 is 5.32 Å². The molecule has 0 atom stereocenters. The van der Waals surface area contributed by atoms with Crippen LogP contribution in [0.5, 0.6) is 0 Å². The molecule has 0 amide bonds. The van der Waals surface area contributed by atoms with Crippen molar-refractivity contribution < 1.29 is 22.1 Å². The summed E-state index contributed by atoms with van der Waals surface area (Å²) in [6.45, 7) is 0.280. The fourth-order valence-corrected chi connectivity index (χ4v) is 1.45. The zero-order valence-electron chi connectivity index (χ0n) is 9.54. The molecule has 2 rings (SSSR count). The molecule has 0 aliphatic rings. The molecule has 0 aliphatic heterocycles. The summed E-state index contributed by atoms with van der Waals surface area (Å²) in [5, 5.41) is 6.21. The molecule has 0 saturated carbocycles. The Labute approximate surface area is 105 Å². The van der Waals surface area contributed by atoms with Gasteiger partial charge in [-0.15, -0.1) is 0 Å². The van der Waals surface area contributed by atoms with Crippen molar-refractivity contribution in [3.05, 3.63) is 41.8 Å². The maximum Gasteiger partial charge on any atom is 0.416 e. The van der Waals surface area contributed by atoms with Crippen molar-refractivity contribution in [3.8, 4) is 0 Å². The van der Waals surface area contributed by atoms with E-state index >= 15 is 0 Å². The van der Waals surface area contributed by atoms with E-state index in [4.69, 9.17) is 0 Å². The summed E-state index contributed by atoms with van der Waals surface area (Å²) in [6.07, 6.45) is -3.02. The Balaban J connectivity index is 1.97. The zero-order chi connectivity index (χ0) is 13.9. The van der Waals surface area contributed by atoms with Gasteiger partial charge in [0.25, 0.3) is 0 Å². The van der Waals surface area contributed by atoms with Crippen molar-refractivity contribution in [2.24, 2.45) is 0 Å². The zero-order valence-corrected chi connectivity index (χ0v) is 9.54. The third-order valence-corrected chi connectivity index (χ3v) is 2.37. The van der Waals surface area contributed by atoms with Crippen LogP contribution in [0, 0.1) is 5.82 Å². The van der Waals surface area contributed by atoms with Crippen LogP contribution >= 0.6 is 0 Å². The van der Waals surface area contributed by atoms with Crippen molar-refractivity contribution in [2.75, 3.05) is 11.9 Å². The maximum atomic E-state index is 13.4. The van der Waals surface area contributed by atoms with Crippen molar-refractivity contribution in [3.63, 3.8) is 0 Å². The number of nitrogens with one attached hydrogen (secondary N) is 1. The normalized spacial score (nSPS) is 11.6. The monoisotopic (exact) mass is 275 g/mol. The number of rotatable bonds is 4.